The van der Waals surface area contributed by atoms with E-state index in [-0.39, 0.29) is 11.8 Å². The molecule has 0 spiro atoms. The van der Waals surface area contributed by atoms with E-state index in [9.17, 15) is 5.11 Å². The molecule has 0 radical (unpaired) electrons. The van der Waals surface area contributed by atoms with Crippen LogP contribution in [-0.2, 0) is 0 Å². The molecule has 1 aliphatic rings. The lowest BCUT2D eigenvalue weighted by molar-refractivity contribution is 0.126. The van der Waals surface area contributed by atoms with E-state index in [4.69, 9.17) is 23.2 Å². The van der Waals surface area contributed by atoms with Crippen LogP contribution in [0.1, 0.15) is 31.9 Å². The second-order valence-electron chi connectivity index (χ2n) is 5.44. The van der Waals surface area contributed by atoms with E-state index >= 15 is 0 Å². The van der Waals surface area contributed by atoms with Gasteiger partial charge < -0.3 is 10.4 Å². The van der Waals surface area contributed by atoms with Crippen LogP contribution in [0.3, 0.4) is 0 Å². The number of rotatable bonds is 4. The van der Waals surface area contributed by atoms with Gasteiger partial charge in [0.2, 0.25) is 0 Å². The third-order valence-corrected chi connectivity index (χ3v) is 4.63. The molecule has 0 bridgehead atoms. The summed E-state index contributed by atoms with van der Waals surface area (Å²) >= 11 is 12.3. The average molecular weight is 317 g/mol. The van der Waals surface area contributed by atoms with E-state index < -0.39 is 0 Å². The molecule has 2 atom stereocenters. The highest BCUT2D eigenvalue weighted by Crippen LogP contribution is 2.41. The Morgan fingerprint density at radius 2 is 1.95 bits per heavy atom. The van der Waals surface area contributed by atoms with Crippen LogP contribution in [0.2, 0.25) is 10.0 Å². The molecule has 1 saturated heterocycles. The van der Waals surface area contributed by atoms with Gasteiger partial charge in [-0.15, -0.1) is 0 Å². The number of nitrogens with zero attached hydrogens (tertiary/aromatic N) is 1. The molecular weight excluding hydrogens is 295 g/mol. The monoisotopic (exact) mass is 316 g/mol. The van der Waals surface area contributed by atoms with Gasteiger partial charge in [-0.3, -0.25) is 4.90 Å². The van der Waals surface area contributed by atoms with Crippen molar-refractivity contribution in [2.24, 2.45) is 5.92 Å². The molecule has 2 rings (SSSR count). The SMILES string of the molecule is CCC(C)[C@@H](c1c(O)cc(Cl)cc1Cl)N1CCNCC1. The Balaban J connectivity index is 2.40. The van der Waals surface area contributed by atoms with Gasteiger partial charge in [0.05, 0.1) is 5.02 Å². The normalized spacial score (nSPS) is 19.8. The summed E-state index contributed by atoms with van der Waals surface area (Å²) < 4.78 is 0. The van der Waals surface area contributed by atoms with Crippen molar-refractivity contribution in [3.05, 3.63) is 27.7 Å². The van der Waals surface area contributed by atoms with E-state index in [0.717, 1.165) is 38.2 Å². The standard InChI is InChI=1S/C15H22Cl2N2O/c1-3-10(2)15(19-6-4-18-5-7-19)14-12(17)8-11(16)9-13(14)20/h8-10,15,18,20H,3-7H2,1-2H3/t10?,15-/m0/s1. The van der Waals surface area contributed by atoms with Crippen molar-refractivity contribution >= 4 is 23.2 Å². The zero-order valence-corrected chi connectivity index (χ0v) is 13.5. The third kappa shape index (κ3) is 3.40. The highest BCUT2D eigenvalue weighted by Gasteiger charge is 2.30. The van der Waals surface area contributed by atoms with Gasteiger partial charge in [0.15, 0.2) is 0 Å². The topological polar surface area (TPSA) is 35.5 Å². The molecule has 0 saturated carbocycles. The minimum absolute atomic E-state index is 0.131. The Kier molecular flexibility index (Phi) is 5.56. The van der Waals surface area contributed by atoms with E-state index in [2.05, 4.69) is 24.1 Å². The fourth-order valence-electron chi connectivity index (χ4n) is 2.87. The first kappa shape index (κ1) is 15.9. The molecule has 1 aromatic carbocycles. The summed E-state index contributed by atoms with van der Waals surface area (Å²) in [6.45, 7) is 8.25. The lowest BCUT2D eigenvalue weighted by atomic mass is 9.90. The Labute approximate surface area is 130 Å². The highest BCUT2D eigenvalue weighted by atomic mass is 35.5. The molecule has 1 fully saturated rings. The van der Waals surface area contributed by atoms with Crippen LogP contribution in [0, 0.1) is 5.92 Å². The van der Waals surface area contributed by atoms with Crippen molar-refractivity contribution in [1.82, 2.24) is 10.2 Å². The number of piperazine rings is 1. The van der Waals surface area contributed by atoms with Crippen molar-refractivity contribution in [2.45, 2.75) is 26.3 Å². The van der Waals surface area contributed by atoms with Gasteiger partial charge in [0.25, 0.3) is 0 Å². The van der Waals surface area contributed by atoms with Crippen molar-refractivity contribution in [3.63, 3.8) is 0 Å². The molecule has 0 amide bonds. The van der Waals surface area contributed by atoms with Gasteiger partial charge in [-0.1, -0.05) is 43.5 Å². The Morgan fingerprint density at radius 1 is 1.30 bits per heavy atom. The van der Waals surface area contributed by atoms with Crippen LogP contribution in [0.5, 0.6) is 5.75 Å². The number of aromatic hydroxyl groups is 1. The lowest BCUT2D eigenvalue weighted by Gasteiger charge is -2.39. The summed E-state index contributed by atoms with van der Waals surface area (Å²) in [7, 11) is 0. The Hall–Kier alpha value is -0.480. The van der Waals surface area contributed by atoms with Crippen molar-refractivity contribution in [3.8, 4) is 5.75 Å². The Morgan fingerprint density at radius 3 is 2.50 bits per heavy atom. The number of hydrogen-bond donors (Lipinski definition) is 2. The maximum Gasteiger partial charge on any atom is 0.123 e. The zero-order valence-electron chi connectivity index (χ0n) is 12.0. The van der Waals surface area contributed by atoms with Crippen LogP contribution in [0.4, 0.5) is 0 Å². The summed E-state index contributed by atoms with van der Waals surface area (Å²) in [6, 6.07) is 3.43. The van der Waals surface area contributed by atoms with Crippen LogP contribution in [-0.4, -0.2) is 36.2 Å². The number of benzene rings is 1. The molecule has 0 aliphatic carbocycles. The van der Waals surface area contributed by atoms with Crippen LogP contribution < -0.4 is 5.32 Å². The molecule has 1 aromatic rings. The smallest absolute Gasteiger partial charge is 0.123 e. The minimum Gasteiger partial charge on any atom is -0.508 e. The number of halogens is 2. The van der Waals surface area contributed by atoms with Crippen LogP contribution in [0.25, 0.3) is 0 Å². The second-order valence-corrected chi connectivity index (χ2v) is 6.28. The fourth-order valence-corrected chi connectivity index (χ4v) is 3.47. The molecule has 3 nitrogen and oxygen atoms in total. The van der Waals surface area contributed by atoms with Crippen molar-refractivity contribution in [1.29, 1.82) is 0 Å². The molecule has 5 heteroatoms. The van der Waals surface area contributed by atoms with Crippen molar-refractivity contribution in [2.75, 3.05) is 26.2 Å². The first-order valence-corrected chi connectivity index (χ1v) is 7.92. The molecule has 1 aliphatic heterocycles. The maximum atomic E-state index is 10.3. The number of phenolic OH excluding ortho intramolecular Hbond substituents is 1. The van der Waals surface area contributed by atoms with E-state index in [0.29, 0.717) is 16.0 Å². The molecular formula is C15H22Cl2N2O. The van der Waals surface area contributed by atoms with Crippen LogP contribution >= 0.6 is 23.2 Å². The summed E-state index contributed by atoms with van der Waals surface area (Å²) in [5.41, 5.74) is 0.812. The van der Waals surface area contributed by atoms with Crippen molar-refractivity contribution < 1.29 is 5.11 Å². The third-order valence-electron chi connectivity index (χ3n) is 4.10. The van der Waals surface area contributed by atoms with Gasteiger partial charge in [0, 0.05) is 42.8 Å². The molecule has 0 aromatic heterocycles. The quantitative estimate of drug-likeness (QED) is 0.889. The van der Waals surface area contributed by atoms with Gasteiger partial charge in [-0.05, 0) is 18.1 Å². The predicted molar refractivity (Wildman–Crippen MR) is 84.8 cm³/mol. The zero-order chi connectivity index (χ0) is 14.7. The number of phenols is 1. The molecule has 20 heavy (non-hydrogen) atoms. The highest BCUT2D eigenvalue weighted by molar-refractivity contribution is 6.35. The molecule has 1 heterocycles. The average Bonchev–Trinajstić information content (AvgIpc) is 2.42. The molecule has 112 valence electrons. The van der Waals surface area contributed by atoms with E-state index in [1.54, 1.807) is 12.1 Å². The van der Waals surface area contributed by atoms with Crippen LogP contribution in [0.15, 0.2) is 12.1 Å². The lowest BCUT2D eigenvalue weighted by Crippen LogP contribution is -2.46. The fraction of sp³-hybridized carbons (Fsp3) is 0.600. The predicted octanol–water partition coefficient (Wildman–Crippen LogP) is 3.69. The second kappa shape index (κ2) is 6.99. The first-order chi connectivity index (χ1) is 9.54. The summed E-state index contributed by atoms with van der Waals surface area (Å²) in [4.78, 5) is 2.40. The maximum absolute atomic E-state index is 10.3. The largest absolute Gasteiger partial charge is 0.508 e. The number of nitrogens with one attached hydrogen (secondary N) is 1. The Bertz CT molecular complexity index is 438. The summed E-state index contributed by atoms with van der Waals surface area (Å²) in [6.07, 6.45) is 1.03. The number of hydrogen-bond acceptors (Lipinski definition) is 3. The summed E-state index contributed by atoms with van der Waals surface area (Å²) in [5, 5.41) is 14.7. The van der Waals surface area contributed by atoms with Gasteiger partial charge in [0.1, 0.15) is 5.75 Å². The van der Waals surface area contributed by atoms with E-state index in [1.807, 2.05) is 0 Å². The molecule has 2 N–H and O–H groups in total. The van der Waals surface area contributed by atoms with Gasteiger partial charge in [-0.2, -0.15) is 0 Å². The van der Waals surface area contributed by atoms with E-state index in [1.165, 1.54) is 0 Å². The minimum atomic E-state index is 0.131. The summed E-state index contributed by atoms with van der Waals surface area (Å²) in [5.74, 6) is 0.615. The van der Waals surface area contributed by atoms with Gasteiger partial charge in [-0.25, -0.2) is 0 Å². The molecule has 1 unspecified atom stereocenters. The van der Waals surface area contributed by atoms with Gasteiger partial charge >= 0.3 is 0 Å². The first-order valence-electron chi connectivity index (χ1n) is 7.17.